The number of carbonyl (C=O) groups is 2. The second-order valence-electron chi connectivity index (χ2n) is 8.47. The van der Waals surface area contributed by atoms with Crippen LogP contribution >= 0.6 is 0 Å². The molecule has 1 N–H and O–H groups in total. The van der Waals surface area contributed by atoms with Gasteiger partial charge in [-0.3, -0.25) is 9.48 Å². The summed E-state index contributed by atoms with van der Waals surface area (Å²) < 4.78 is 18.1. The molecule has 2 aliphatic heterocycles. The molecule has 1 amide bonds. The Hall–Kier alpha value is -2.68. The smallest absolute Gasteiger partial charge is 0.394 e. The molecule has 1 fully saturated rings. The predicted molar refractivity (Wildman–Crippen MR) is 111 cm³/mol. The molecule has 1 saturated heterocycles. The van der Waals surface area contributed by atoms with Gasteiger partial charge in [0.25, 0.3) is 5.91 Å². The van der Waals surface area contributed by atoms with Crippen molar-refractivity contribution >= 4 is 11.9 Å². The Kier molecular flexibility index (Phi) is 6.13. The lowest BCUT2D eigenvalue weighted by Gasteiger charge is -2.36. The normalized spacial score (nSPS) is 17.8. The minimum atomic E-state index is -0.565. The molecule has 0 atom stereocenters. The molecule has 0 bridgehead atoms. The molecule has 9 nitrogen and oxygen atoms in total. The number of aromatic nitrogens is 3. The van der Waals surface area contributed by atoms with E-state index < -0.39 is 5.97 Å². The lowest BCUT2D eigenvalue weighted by Crippen LogP contribution is -2.40. The molecule has 2 aliphatic rings. The van der Waals surface area contributed by atoms with Gasteiger partial charge in [0.05, 0.1) is 29.3 Å². The van der Waals surface area contributed by atoms with Crippen molar-refractivity contribution in [2.75, 3.05) is 26.4 Å². The Labute approximate surface area is 181 Å². The van der Waals surface area contributed by atoms with Crippen LogP contribution in [0, 0.1) is 19.3 Å². The summed E-state index contributed by atoms with van der Waals surface area (Å²) in [6.07, 6.45) is 3.92. The van der Waals surface area contributed by atoms with Crippen molar-refractivity contribution in [3.8, 4) is 0 Å². The van der Waals surface area contributed by atoms with E-state index in [9.17, 15) is 9.59 Å². The summed E-state index contributed by atoms with van der Waals surface area (Å²) >= 11 is 0. The highest BCUT2D eigenvalue weighted by Crippen LogP contribution is 2.37. The Morgan fingerprint density at radius 1 is 1.29 bits per heavy atom. The molecule has 4 rings (SSSR count). The summed E-state index contributed by atoms with van der Waals surface area (Å²) in [6, 6.07) is 0. The number of ether oxygens (including phenoxy) is 2. The average molecular weight is 431 g/mol. The van der Waals surface area contributed by atoms with E-state index in [1.165, 1.54) is 0 Å². The van der Waals surface area contributed by atoms with Crippen LogP contribution in [0.4, 0.5) is 0 Å². The van der Waals surface area contributed by atoms with Crippen LogP contribution < -0.4 is 5.32 Å². The molecular formula is C22H30N4O5. The first-order valence-electron chi connectivity index (χ1n) is 11.0. The molecule has 1 spiro atoms. The van der Waals surface area contributed by atoms with Gasteiger partial charge in [0, 0.05) is 32.7 Å². The first-order valence-corrected chi connectivity index (χ1v) is 11.0. The first-order chi connectivity index (χ1) is 14.9. The zero-order valence-corrected chi connectivity index (χ0v) is 18.5. The van der Waals surface area contributed by atoms with Crippen molar-refractivity contribution < 1.29 is 23.5 Å². The lowest BCUT2D eigenvalue weighted by atomic mass is 9.76. The lowest BCUT2D eigenvalue weighted by molar-refractivity contribution is 0.0152. The maximum absolute atomic E-state index is 12.8. The second kappa shape index (κ2) is 8.82. The molecule has 2 aromatic rings. The molecule has 31 heavy (non-hydrogen) atoms. The number of nitrogens with one attached hydrogen (secondary N) is 1. The number of hydrogen-bond donors (Lipinski definition) is 1. The Morgan fingerprint density at radius 2 is 2.06 bits per heavy atom. The molecule has 0 saturated carbocycles. The number of rotatable bonds is 6. The highest BCUT2D eigenvalue weighted by molar-refractivity contribution is 5.97. The SMILES string of the molecule is CCc1nn(CCCOC(=O)c2nc(C)c(C)o2)c2c1C(=O)NCC1(CCOCC1)C2. The van der Waals surface area contributed by atoms with Crippen LogP contribution in [0.15, 0.2) is 4.42 Å². The number of fused-ring (bicyclic) bond motifs is 1. The average Bonchev–Trinajstić information content (AvgIpc) is 3.25. The van der Waals surface area contributed by atoms with Crippen molar-refractivity contribution in [3.63, 3.8) is 0 Å². The minimum Gasteiger partial charge on any atom is -0.459 e. The molecule has 0 unspecified atom stereocenters. The Morgan fingerprint density at radius 3 is 2.74 bits per heavy atom. The molecule has 2 aromatic heterocycles. The maximum Gasteiger partial charge on any atom is 0.394 e. The molecule has 0 aromatic carbocycles. The van der Waals surface area contributed by atoms with E-state index in [0.717, 1.165) is 43.9 Å². The van der Waals surface area contributed by atoms with E-state index in [1.54, 1.807) is 13.8 Å². The fourth-order valence-electron chi connectivity index (χ4n) is 4.36. The van der Waals surface area contributed by atoms with Crippen molar-refractivity contribution in [3.05, 3.63) is 34.3 Å². The van der Waals surface area contributed by atoms with E-state index in [1.807, 2.05) is 11.6 Å². The van der Waals surface area contributed by atoms with E-state index in [0.29, 0.717) is 42.9 Å². The number of carbonyl (C=O) groups excluding carboxylic acids is 2. The number of aryl methyl sites for hydroxylation is 4. The first kappa shape index (κ1) is 21.5. The van der Waals surface area contributed by atoms with Gasteiger partial charge in [-0.15, -0.1) is 0 Å². The predicted octanol–water partition coefficient (Wildman–Crippen LogP) is 2.38. The Balaban J connectivity index is 1.45. The van der Waals surface area contributed by atoms with Crippen LogP contribution in [-0.4, -0.2) is 53.0 Å². The van der Waals surface area contributed by atoms with E-state index in [-0.39, 0.29) is 23.8 Å². The van der Waals surface area contributed by atoms with Gasteiger partial charge in [-0.2, -0.15) is 5.10 Å². The minimum absolute atomic E-state index is 0.00902. The van der Waals surface area contributed by atoms with E-state index in [2.05, 4.69) is 10.3 Å². The van der Waals surface area contributed by atoms with Gasteiger partial charge in [0.1, 0.15) is 5.76 Å². The number of oxazole rings is 1. The van der Waals surface area contributed by atoms with Gasteiger partial charge < -0.3 is 19.2 Å². The van der Waals surface area contributed by atoms with Crippen molar-refractivity contribution in [1.29, 1.82) is 0 Å². The Bertz CT molecular complexity index is 951. The van der Waals surface area contributed by atoms with Gasteiger partial charge in [-0.25, -0.2) is 9.78 Å². The van der Waals surface area contributed by atoms with Crippen LogP contribution in [0.5, 0.6) is 0 Å². The van der Waals surface area contributed by atoms with Gasteiger partial charge in [-0.05, 0) is 44.9 Å². The summed E-state index contributed by atoms with van der Waals surface area (Å²) in [5, 5.41) is 7.85. The molecule has 0 aliphatic carbocycles. The fraction of sp³-hybridized carbons (Fsp3) is 0.636. The molecule has 4 heterocycles. The third kappa shape index (κ3) is 4.37. The number of amides is 1. The van der Waals surface area contributed by atoms with Crippen LogP contribution in [0.2, 0.25) is 0 Å². The molecule has 0 radical (unpaired) electrons. The van der Waals surface area contributed by atoms with Gasteiger partial charge >= 0.3 is 11.9 Å². The van der Waals surface area contributed by atoms with Crippen LogP contribution in [0.3, 0.4) is 0 Å². The third-order valence-corrected chi connectivity index (χ3v) is 6.36. The molecule has 9 heteroatoms. The van der Waals surface area contributed by atoms with Crippen LogP contribution in [0.1, 0.15) is 70.1 Å². The van der Waals surface area contributed by atoms with Crippen molar-refractivity contribution in [2.45, 2.75) is 59.4 Å². The van der Waals surface area contributed by atoms with Gasteiger partial charge in [0.15, 0.2) is 0 Å². The quantitative estimate of drug-likeness (QED) is 0.554. The number of nitrogens with zero attached hydrogens (tertiary/aromatic N) is 3. The van der Waals surface area contributed by atoms with Crippen molar-refractivity contribution in [2.24, 2.45) is 5.41 Å². The van der Waals surface area contributed by atoms with Crippen LogP contribution in [0.25, 0.3) is 0 Å². The van der Waals surface area contributed by atoms with Crippen molar-refractivity contribution in [1.82, 2.24) is 20.1 Å². The van der Waals surface area contributed by atoms with Gasteiger partial charge in [-0.1, -0.05) is 6.92 Å². The van der Waals surface area contributed by atoms with Crippen LogP contribution in [-0.2, 0) is 28.9 Å². The zero-order valence-electron chi connectivity index (χ0n) is 18.5. The maximum atomic E-state index is 12.8. The topological polar surface area (TPSA) is 108 Å². The second-order valence-corrected chi connectivity index (χ2v) is 8.47. The van der Waals surface area contributed by atoms with Gasteiger partial charge in [0.2, 0.25) is 0 Å². The highest BCUT2D eigenvalue weighted by Gasteiger charge is 2.39. The van der Waals surface area contributed by atoms with E-state index in [4.69, 9.17) is 19.0 Å². The summed E-state index contributed by atoms with van der Waals surface area (Å²) in [5.74, 6) is -0.0132. The summed E-state index contributed by atoms with van der Waals surface area (Å²) in [7, 11) is 0. The van der Waals surface area contributed by atoms with E-state index >= 15 is 0 Å². The molecule has 168 valence electrons. The third-order valence-electron chi connectivity index (χ3n) is 6.36. The summed E-state index contributed by atoms with van der Waals surface area (Å²) in [5.41, 5.74) is 3.21. The standard InChI is InChI=1S/C22H30N4O5/c1-4-16-18-17(12-22(13-23-19(18)27)6-10-29-11-7-22)26(25-16)8-5-9-30-21(28)20-24-14(2)15(3)31-20/h4-13H2,1-3H3,(H,23,27). The summed E-state index contributed by atoms with van der Waals surface area (Å²) in [6.45, 7) is 8.45. The zero-order chi connectivity index (χ0) is 22.0. The summed E-state index contributed by atoms with van der Waals surface area (Å²) in [4.78, 5) is 29.1. The highest BCUT2D eigenvalue weighted by atomic mass is 16.5. The monoisotopic (exact) mass is 430 g/mol. The fourth-order valence-corrected chi connectivity index (χ4v) is 4.36. The largest absolute Gasteiger partial charge is 0.459 e. The number of hydrogen-bond acceptors (Lipinski definition) is 7. The molecular weight excluding hydrogens is 400 g/mol. The number of esters is 1.